The normalized spacial score (nSPS) is 18.7. The number of aromatic nitrogens is 2. The number of piperidine rings is 1. The maximum Gasteiger partial charge on any atom is 0.254 e. The Morgan fingerprint density at radius 3 is 2.59 bits per heavy atom. The Hall–Kier alpha value is -1.93. The summed E-state index contributed by atoms with van der Waals surface area (Å²) in [4.78, 5) is 18.1. The molecule has 1 aromatic carbocycles. The molecule has 174 valence electrons. The Morgan fingerprint density at radius 1 is 1.16 bits per heavy atom. The molecule has 2 fully saturated rings. The second kappa shape index (κ2) is 11.3. The van der Waals surface area contributed by atoms with Gasteiger partial charge in [0.1, 0.15) is 0 Å². The molecule has 0 spiro atoms. The van der Waals surface area contributed by atoms with Crippen LogP contribution in [-0.2, 0) is 0 Å². The third kappa shape index (κ3) is 5.52. The number of hydrogen-bond donors (Lipinski definition) is 2. The molecule has 4 rings (SSSR count). The Kier molecular flexibility index (Phi) is 8.19. The van der Waals surface area contributed by atoms with Crippen LogP contribution in [0.1, 0.15) is 48.2 Å². The van der Waals surface area contributed by atoms with Gasteiger partial charge in [0.25, 0.3) is 5.91 Å². The van der Waals surface area contributed by atoms with Crippen molar-refractivity contribution in [3.8, 4) is 5.69 Å². The fourth-order valence-electron chi connectivity index (χ4n) is 4.77. The Morgan fingerprint density at radius 2 is 1.88 bits per heavy atom. The van der Waals surface area contributed by atoms with Crippen molar-refractivity contribution in [2.45, 2.75) is 32.1 Å². The van der Waals surface area contributed by atoms with Crippen molar-refractivity contribution >= 4 is 17.5 Å². The van der Waals surface area contributed by atoms with Crippen molar-refractivity contribution in [1.82, 2.24) is 30.2 Å². The number of rotatable bonds is 8. The first-order chi connectivity index (χ1) is 15.7. The van der Waals surface area contributed by atoms with E-state index in [2.05, 4.69) is 32.5 Å². The first-order valence-corrected chi connectivity index (χ1v) is 12.3. The fourth-order valence-corrected chi connectivity index (χ4v) is 4.98. The zero-order chi connectivity index (χ0) is 22.3. The van der Waals surface area contributed by atoms with Crippen LogP contribution in [0.3, 0.4) is 0 Å². The van der Waals surface area contributed by atoms with Gasteiger partial charge in [0.05, 0.1) is 28.2 Å². The van der Waals surface area contributed by atoms with E-state index in [1.54, 1.807) is 6.20 Å². The highest BCUT2D eigenvalue weighted by atomic mass is 35.5. The van der Waals surface area contributed by atoms with Gasteiger partial charge >= 0.3 is 0 Å². The average molecular weight is 459 g/mol. The number of para-hydroxylation sites is 1. The van der Waals surface area contributed by atoms with E-state index in [-0.39, 0.29) is 11.8 Å². The molecule has 0 saturated carbocycles. The lowest BCUT2D eigenvalue weighted by Crippen LogP contribution is -2.46. The fraction of sp³-hybridized carbons (Fsp3) is 0.583. The molecule has 3 heterocycles. The standard InChI is InChI=1S/C24H35ClN6O/c1-2-29-14-16-30(17-15-29)13-5-10-27-24(32)20-18-28-31(22-7-4-3-6-21(22)25)23(20)19-8-11-26-12-9-19/h3-4,6-7,18-19,26H,2,5,8-17H2,1H3,(H,27,32). The van der Waals surface area contributed by atoms with Crippen molar-refractivity contribution < 1.29 is 4.79 Å². The first kappa shape index (κ1) is 23.2. The molecule has 0 aliphatic carbocycles. The van der Waals surface area contributed by atoms with Crippen LogP contribution in [0.4, 0.5) is 0 Å². The van der Waals surface area contributed by atoms with Crippen LogP contribution in [0.2, 0.25) is 5.02 Å². The second-order valence-corrected chi connectivity index (χ2v) is 9.12. The van der Waals surface area contributed by atoms with E-state index < -0.39 is 0 Å². The van der Waals surface area contributed by atoms with E-state index in [0.717, 1.165) is 83.0 Å². The molecule has 2 aliphatic rings. The van der Waals surface area contributed by atoms with Crippen LogP contribution in [0.15, 0.2) is 30.5 Å². The van der Waals surface area contributed by atoms with Crippen LogP contribution in [0, 0.1) is 0 Å². The number of benzene rings is 1. The van der Waals surface area contributed by atoms with Crippen LogP contribution in [-0.4, -0.2) is 84.4 Å². The van der Waals surface area contributed by atoms with Crippen LogP contribution < -0.4 is 10.6 Å². The quantitative estimate of drug-likeness (QED) is 0.595. The highest BCUT2D eigenvalue weighted by Gasteiger charge is 2.27. The summed E-state index contributed by atoms with van der Waals surface area (Å²) in [5, 5.41) is 11.8. The van der Waals surface area contributed by atoms with Gasteiger partial charge in [0.2, 0.25) is 0 Å². The molecule has 1 amide bonds. The smallest absolute Gasteiger partial charge is 0.254 e. The lowest BCUT2D eigenvalue weighted by atomic mass is 9.91. The van der Waals surface area contributed by atoms with Gasteiger partial charge < -0.3 is 20.4 Å². The Balaban J connectivity index is 1.41. The van der Waals surface area contributed by atoms with E-state index in [4.69, 9.17) is 11.6 Å². The predicted octanol–water partition coefficient (Wildman–Crippen LogP) is 2.75. The summed E-state index contributed by atoms with van der Waals surface area (Å²) in [6.07, 6.45) is 4.64. The summed E-state index contributed by atoms with van der Waals surface area (Å²) >= 11 is 6.47. The van der Waals surface area contributed by atoms with E-state index in [0.29, 0.717) is 17.1 Å². The average Bonchev–Trinajstić information content (AvgIpc) is 3.28. The maximum atomic E-state index is 13.1. The number of likely N-dealkylation sites (N-methyl/N-ethyl adjacent to an activating group) is 1. The summed E-state index contributed by atoms with van der Waals surface area (Å²) in [6.45, 7) is 11.5. The molecule has 2 aliphatic heterocycles. The predicted molar refractivity (Wildman–Crippen MR) is 129 cm³/mol. The molecule has 1 aromatic heterocycles. The minimum atomic E-state index is -0.0346. The lowest BCUT2D eigenvalue weighted by molar-refractivity contribution is 0.0946. The van der Waals surface area contributed by atoms with E-state index >= 15 is 0 Å². The first-order valence-electron chi connectivity index (χ1n) is 11.9. The highest BCUT2D eigenvalue weighted by molar-refractivity contribution is 6.32. The van der Waals surface area contributed by atoms with Crippen molar-refractivity contribution in [1.29, 1.82) is 0 Å². The summed E-state index contributed by atoms with van der Waals surface area (Å²) in [6, 6.07) is 7.69. The Bertz CT molecular complexity index is 886. The van der Waals surface area contributed by atoms with Gasteiger partial charge in [-0.2, -0.15) is 5.10 Å². The van der Waals surface area contributed by atoms with Crippen molar-refractivity contribution in [3.63, 3.8) is 0 Å². The minimum absolute atomic E-state index is 0.0346. The molecule has 8 heteroatoms. The third-order valence-electron chi connectivity index (χ3n) is 6.71. The summed E-state index contributed by atoms with van der Waals surface area (Å²) in [5.41, 5.74) is 2.48. The lowest BCUT2D eigenvalue weighted by Gasteiger charge is -2.33. The van der Waals surface area contributed by atoms with Crippen molar-refractivity contribution in [2.75, 3.05) is 58.9 Å². The zero-order valence-corrected chi connectivity index (χ0v) is 19.8. The molecular formula is C24H35ClN6O. The maximum absolute atomic E-state index is 13.1. The number of amides is 1. The summed E-state index contributed by atoms with van der Waals surface area (Å²) in [7, 11) is 0. The molecule has 0 unspecified atom stereocenters. The Labute approximate surface area is 196 Å². The van der Waals surface area contributed by atoms with Gasteiger partial charge in [0.15, 0.2) is 0 Å². The number of nitrogens with zero attached hydrogens (tertiary/aromatic N) is 4. The van der Waals surface area contributed by atoms with Gasteiger partial charge in [0, 0.05) is 38.6 Å². The van der Waals surface area contributed by atoms with Crippen molar-refractivity contribution in [2.24, 2.45) is 0 Å². The molecule has 0 atom stereocenters. The number of halogens is 1. The van der Waals surface area contributed by atoms with E-state index in [1.165, 1.54) is 0 Å². The molecule has 32 heavy (non-hydrogen) atoms. The zero-order valence-electron chi connectivity index (χ0n) is 19.0. The minimum Gasteiger partial charge on any atom is -0.352 e. The number of hydrogen-bond acceptors (Lipinski definition) is 5. The summed E-state index contributed by atoms with van der Waals surface area (Å²) in [5.74, 6) is 0.248. The number of piperazine rings is 1. The number of carbonyl (C=O) groups is 1. The summed E-state index contributed by atoms with van der Waals surface area (Å²) < 4.78 is 1.88. The number of carbonyl (C=O) groups excluding carboxylic acids is 1. The third-order valence-corrected chi connectivity index (χ3v) is 7.03. The SMILES string of the molecule is CCN1CCN(CCCNC(=O)c2cnn(-c3ccccc3Cl)c2C2CCNCC2)CC1. The monoisotopic (exact) mass is 458 g/mol. The second-order valence-electron chi connectivity index (χ2n) is 8.72. The van der Waals surface area contributed by atoms with Crippen LogP contribution in [0.5, 0.6) is 0 Å². The molecule has 0 bridgehead atoms. The molecule has 2 saturated heterocycles. The molecule has 7 nitrogen and oxygen atoms in total. The highest BCUT2D eigenvalue weighted by Crippen LogP contribution is 2.32. The topological polar surface area (TPSA) is 65.4 Å². The van der Waals surface area contributed by atoms with Gasteiger partial charge in [-0.1, -0.05) is 30.7 Å². The van der Waals surface area contributed by atoms with Crippen LogP contribution >= 0.6 is 11.6 Å². The van der Waals surface area contributed by atoms with E-state index in [1.807, 2.05) is 28.9 Å². The van der Waals surface area contributed by atoms with Crippen LogP contribution in [0.25, 0.3) is 5.69 Å². The van der Waals surface area contributed by atoms with Gasteiger partial charge in [-0.3, -0.25) is 4.79 Å². The van der Waals surface area contributed by atoms with E-state index in [9.17, 15) is 4.79 Å². The van der Waals surface area contributed by atoms with Crippen molar-refractivity contribution in [3.05, 3.63) is 46.7 Å². The molecule has 2 N–H and O–H groups in total. The van der Waals surface area contributed by atoms with Gasteiger partial charge in [-0.05, 0) is 57.6 Å². The van der Waals surface area contributed by atoms with Gasteiger partial charge in [-0.25, -0.2) is 4.68 Å². The molecule has 2 aromatic rings. The van der Waals surface area contributed by atoms with Gasteiger partial charge in [-0.15, -0.1) is 0 Å². The largest absolute Gasteiger partial charge is 0.352 e. The molecular weight excluding hydrogens is 424 g/mol. The number of nitrogens with one attached hydrogen (secondary N) is 2. The molecule has 0 radical (unpaired) electrons.